The van der Waals surface area contributed by atoms with Gasteiger partial charge < -0.3 is 4.98 Å². The van der Waals surface area contributed by atoms with Crippen LogP contribution in [0.2, 0.25) is 0 Å². The summed E-state index contributed by atoms with van der Waals surface area (Å²) in [5.74, 6) is 0.480. The average molecular weight is 272 g/mol. The van der Waals surface area contributed by atoms with Gasteiger partial charge in [-0.3, -0.25) is 14.9 Å². The molecule has 2 aromatic rings. The fourth-order valence-electron chi connectivity index (χ4n) is 3.04. The van der Waals surface area contributed by atoms with E-state index in [2.05, 4.69) is 4.98 Å². The van der Waals surface area contributed by atoms with Crippen LogP contribution >= 0.6 is 0 Å². The number of ketones is 1. The Labute approximate surface area is 116 Å². The highest BCUT2D eigenvalue weighted by atomic mass is 16.6. The van der Waals surface area contributed by atoms with Crippen molar-refractivity contribution in [2.24, 2.45) is 0 Å². The highest BCUT2D eigenvalue weighted by Gasteiger charge is 2.22. The molecule has 5 nitrogen and oxygen atoms in total. The molecular weight excluding hydrogens is 256 g/mol. The summed E-state index contributed by atoms with van der Waals surface area (Å²) in [7, 11) is 0. The molecule has 1 saturated carbocycles. The number of H-pyrrole nitrogens is 1. The molecule has 1 aromatic heterocycles. The molecule has 3 rings (SSSR count). The first-order chi connectivity index (χ1) is 9.65. The van der Waals surface area contributed by atoms with Gasteiger partial charge in [0, 0.05) is 42.1 Å². The number of nitro benzene ring substituents is 1. The number of rotatable bonds is 2. The van der Waals surface area contributed by atoms with Crippen LogP contribution < -0.4 is 0 Å². The lowest BCUT2D eigenvalue weighted by atomic mass is 9.91. The molecule has 20 heavy (non-hydrogen) atoms. The summed E-state index contributed by atoms with van der Waals surface area (Å²) in [5.41, 5.74) is 2.03. The van der Waals surface area contributed by atoms with Gasteiger partial charge in [0.15, 0.2) is 0 Å². The molecule has 1 aliphatic rings. The minimum Gasteiger partial charge on any atom is -0.361 e. The predicted molar refractivity (Wildman–Crippen MR) is 75.8 cm³/mol. The third-order valence-corrected chi connectivity index (χ3v) is 4.08. The molecule has 0 amide bonds. The first kappa shape index (κ1) is 12.8. The van der Waals surface area contributed by atoms with Gasteiger partial charge >= 0.3 is 0 Å². The van der Waals surface area contributed by atoms with Crippen LogP contribution in [0.4, 0.5) is 5.69 Å². The lowest BCUT2D eigenvalue weighted by Gasteiger charge is -2.12. The number of carbonyl (C=O) groups excluding carboxylic acids is 1. The average Bonchev–Trinajstić information content (AvgIpc) is 2.73. The van der Waals surface area contributed by atoms with E-state index >= 15 is 0 Å². The van der Waals surface area contributed by atoms with E-state index < -0.39 is 0 Å². The number of aromatic amines is 1. The van der Waals surface area contributed by atoms with Crippen LogP contribution in [-0.4, -0.2) is 15.7 Å². The molecule has 1 fully saturated rings. The highest BCUT2D eigenvalue weighted by Crippen LogP contribution is 2.35. The Kier molecular flexibility index (Phi) is 3.26. The number of Topliss-reactive ketones (excluding diaryl/α,β-unsaturated/α-hetero) is 1. The zero-order valence-corrected chi connectivity index (χ0v) is 11.1. The van der Waals surface area contributed by atoms with Crippen LogP contribution in [0, 0.1) is 10.1 Å². The van der Waals surface area contributed by atoms with Crippen LogP contribution in [0.5, 0.6) is 0 Å². The Hall–Kier alpha value is -2.17. The fourth-order valence-corrected chi connectivity index (χ4v) is 3.04. The molecule has 1 heterocycles. The number of benzene rings is 1. The number of hydrogen-bond acceptors (Lipinski definition) is 3. The van der Waals surface area contributed by atoms with Gasteiger partial charge in [-0.15, -0.1) is 0 Å². The summed E-state index contributed by atoms with van der Waals surface area (Å²) < 4.78 is 0. The van der Waals surface area contributed by atoms with Crippen molar-refractivity contribution in [2.45, 2.75) is 38.0 Å². The Balaban J connectivity index is 2.03. The van der Waals surface area contributed by atoms with Gasteiger partial charge in [-0.1, -0.05) is 6.42 Å². The minimum atomic E-state index is -0.380. The van der Waals surface area contributed by atoms with Crippen molar-refractivity contribution in [3.8, 4) is 0 Å². The van der Waals surface area contributed by atoms with Gasteiger partial charge in [-0.2, -0.15) is 0 Å². The van der Waals surface area contributed by atoms with E-state index in [0.717, 1.165) is 35.7 Å². The molecule has 104 valence electrons. The minimum absolute atomic E-state index is 0.0956. The largest absolute Gasteiger partial charge is 0.361 e. The topological polar surface area (TPSA) is 76.0 Å². The normalized spacial score (nSPS) is 20.0. The standard InChI is InChI=1S/C15H16N2O3/c18-12-4-2-1-3-10(7-12)14-9-16-15-6-5-11(17(19)20)8-13(14)15/h5-6,8-10,16H,1-4,7H2. The van der Waals surface area contributed by atoms with Crippen molar-refractivity contribution in [1.82, 2.24) is 4.98 Å². The molecule has 1 atom stereocenters. The van der Waals surface area contributed by atoms with E-state index in [0.29, 0.717) is 18.6 Å². The van der Waals surface area contributed by atoms with E-state index in [1.165, 1.54) is 6.07 Å². The lowest BCUT2D eigenvalue weighted by molar-refractivity contribution is -0.384. The molecule has 0 aliphatic heterocycles. The number of aromatic nitrogens is 1. The van der Waals surface area contributed by atoms with Crippen LogP contribution in [-0.2, 0) is 4.79 Å². The molecule has 0 spiro atoms. The molecule has 1 N–H and O–H groups in total. The van der Waals surface area contributed by atoms with Gasteiger partial charge in [0.2, 0.25) is 0 Å². The van der Waals surface area contributed by atoms with E-state index in [1.54, 1.807) is 12.1 Å². The van der Waals surface area contributed by atoms with E-state index in [-0.39, 0.29) is 16.5 Å². The molecule has 1 aliphatic carbocycles. The smallest absolute Gasteiger partial charge is 0.270 e. The molecular formula is C15H16N2O3. The van der Waals surface area contributed by atoms with Crippen LogP contribution in [0.1, 0.15) is 43.6 Å². The summed E-state index contributed by atoms with van der Waals surface area (Å²) in [6.45, 7) is 0. The van der Waals surface area contributed by atoms with Crippen molar-refractivity contribution in [2.75, 3.05) is 0 Å². The van der Waals surface area contributed by atoms with Gasteiger partial charge in [-0.25, -0.2) is 0 Å². The van der Waals surface area contributed by atoms with Crippen molar-refractivity contribution in [1.29, 1.82) is 0 Å². The number of hydrogen-bond donors (Lipinski definition) is 1. The predicted octanol–water partition coefficient (Wildman–Crippen LogP) is 3.69. The fraction of sp³-hybridized carbons (Fsp3) is 0.400. The Morgan fingerprint density at radius 1 is 1.30 bits per heavy atom. The molecule has 5 heteroatoms. The first-order valence-electron chi connectivity index (χ1n) is 6.92. The number of nitrogens with zero attached hydrogens (tertiary/aromatic N) is 1. The summed E-state index contributed by atoms with van der Waals surface area (Å²) in [4.78, 5) is 25.5. The number of nitrogens with one attached hydrogen (secondary N) is 1. The summed E-state index contributed by atoms with van der Waals surface area (Å²) in [5, 5.41) is 11.8. The molecule has 0 bridgehead atoms. The maximum Gasteiger partial charge on any atom is 0.270 e. The van der Waals surface area contributed by atoms with Crippen molar-refractivity contribution in [3.05, 3.63) is 40.1 Å². The second kappa shape index (κ2) is 5.07. The van der Waals surface area contributed by atoms with Crippen molar-refractivity contribution < 1.29 is 9.72 Å². The Morgan fingerprint density at radius 2 is 2.15 bits per heavy atom. The van der Waals surface area contributed by atoms with Crippen LogP contribution in [0.15, 0.2) is 24.4 Å². The van der Waals surface area contributed by atoms with Crippen LogP contribution in [0.25, 0.3) is 10.9 Å². The number of fused-ring (bicyclic) bond motifs is 1. The van der Waals surface area contributed by atoms with Crippen LogP contribution in [0.3, 0.4) is 0 Å². The second-order valence-electron chi connectivity index (χ2n) is 5.42. The SMILES string of the molecule is O=C1CCCCC(c2c[nH]c3ccc([N+](=O)[O-])cc23)C1. The lowest BCUT2D eigenvalue weighted by Crippen LogP contribution is -2.03. The quantitative estimate of drug-likeness (QED) is 0.514. The zero-order valence-electron chi connectivity index (χ0n) is 11.1. The van der Waals surface area contributed by atoms with Gasteiger partial charge in [0.1, 0.15) is 5.78 Å². The first-order valence-corrected chi connectivity index (χ1v) is 6.92. The van der Waals surface area contributed by atoms with E-state index in [9.17, 15) is 14.9 Å². The zero-order chi connectivity index (χ0) is 14.1. The van der Waals surface area contributed by atoms with E-state index in [4.69, 9.17) is 0 Å². The maximum absolute atomic E-state index is 11.8. The highest BCUT2D eigenvalue weighted by molar-refractivity contribution is 5.87. The molecule has 0 saturated heterocycles. The number of nitro groups is 1. The Morgan fingerprint density at radius 3 is 2.95 bits per heavy atom. The third kappa shape index (κ3) is 2.31. The maximum atomic E-state index is 11.8. The third-order valence-electron chi connectivity index (χ3n) is 4.08. The molecule has 0 radical (unpaired) electrons. The van der Waals surface area contributed by atoms with Gasteiger partial charge in [0.25, 0.3) is 5.69 Å². The van der Waals surface area contributed by atoms with Crippen molar-refractivity contribution >= 4 is 22.4 Å². The van der Waals surface area contributed by atoms with E-state index in [1.807, 2.05) is 6.20 Å². The summed E-state index contributed by atoms with van der Waals surface area (Å²) in [6.07, 6.45) is 6.09. The molecule has 1 aromatic carbocycles. The summed E-state index contributed by atoms with van der Waals surface area (Å²) >= 11 is 0. The summed E-state index contributed by atoms with van der Waals surface area (Å²) in [6, 6.07) is 4.84. The number of carbonyl (C=O) groups is 1. The van der Waals surface area contributed by atoms with Crippen molar-refractivity contribution in [3.63, 3.8) is 0 Å². The van der Waals surface area contributed by atoms with Gasteiger partial charge in [0.05, 0.1) is 4.92 Å². The van der Waals surface area contributed by atoms with Gasteiger partial charge in [-0.05, 0) is 30.4 Å². The monoisotopic (exact) mass is 272 g/mol. The Bertz CT molecular complexity index is 675. The number of non-ortho nitro benzene ring substituents is 1. The second-order valence-corrected chi connectivity index (χ2v) is 5.42. The molecule has 1 unspecified atom stereocenters.